The van der Waals surface area contributed by atoms with Gasteiger partial charge in [-0.3, -0.25) is 0 Å². The number of nitrogens with one attached hydrogen (secondary N) is 2. The highest BCUT2D eigenvalue weighted by molar-refractivity contribution is 5.92. The molecule has 0 spiro atoms. The molecule has 0 fully saturated rings. The predicted molar refractivity (Wildman–Crippen MR) is 122 cm³/mol. The van der Waals surface area contributed by atoms with Gasteiger partial charge < -0.3 is 10.4 Å². The van der Waals surface area contributed by atoms with Gasteiger partial charge in [-0.1, -0.05) is 36.4 Å². The van der Waals surface area contributed by atoms with E-state index < -0.39 is 0 Å². The van der Waals surface area contributed by atoms with E-state index in [1.165, 1.54) is 16.5 Å². The highest BCUT2D eigenvalue weighted by Crippen LogP contribution is 2.36. The number of fused-ring (bicyclic) bond motifs is 3. The van der Waals surface area contributed by atoms with Crippen LogP contribution in [0.1, 0.15) is 16.7 Å². The molecule has 0 aliphatic carbocycles. The Morgan fingerprint density at radius 1 is 1.03 bits per heavy atom. The summed E-state index contributed by atoms with van der Waals surface area (Å²) in [5.74, 6) is -0.116. The number of rotatable bonds is 5. The molecule has 2 heterocycles. The van der Waals surface area contributed by atoms with Crippen LogP contribution in [0.5, 0.6) is 5.75 Å². The van der Waals surface area contributed by atoms with Crippen LogP contribution in [-0.2, 0) is 13.1 Å². The van der Waals surface area contributed by atoms with E-state index >= 15 is 0 Å². The third kappa shape index (κ3) is 3.52. The summed E-state index contributed by atoms with van der Waals surface area (Å²) in [5.41, 5.74) is 5.29. The smallest absolute Gasteiger partial charge is 0.348 e. The lowest BCUT2D eigenvalue weighted by Gasteiger charge is -2.14. The molecular formula is C25H21FN4O2. The number of nitrogens with zero attached hydrogens (tertiary/aromatic N) is 2. The molecule has 3 aromatic carbocycles. The second kappa shape index (κ2) is 7.94. The van der Waals surface area contributed by atoms with Gasteiger partial charge in [0.1, 0.15) is 11.6 Å². The van der Waals surface area contributed by atoms with E-state index in [4.69, 9.17) is 0 Å². The molecule has 0 atom stereocenters. The third-order valence-corrected chi connectivity index (χ3v) is 5.69. The Labute approximate surface area is 183 Å². The molecule has 3 N–H and O–H groups in total. The van der Waals surface area contributed by atoms with Gasteiger partial charge in [-0.05, 0) is 59.5 Å². The Bertz CT molecular complexity index is 1500. The lowest BCUT2D eigenvalue weighted by atomic mass is 9.96. The fraction of sp³-hybridized carbons (Fsp3) is 0.120. The van der Waals surface area contributed by atoms with Crippen molar-refractivity contribution in [2.75, 3.05) is 0 Å². The summed E-state index contributed by atoms with van der Waals surface area (Å²) in [6.45, 7) is 3.07. The first kappa shape index (κ1) is 20.0. The van der Waals surface area contributed by atoms with Crippen molar-refractivity contribution in [2.24, 2.45) is 0 Å². The number of benzene rings is 3. The molecule has 2 aromatic heterocycles. The van der Waals surface area contributed by atoms with Gasteiger partial charge in [0.05, 0.1) is 5.52 Å². The van der Waals surface area contributed by atoms with E-state index in [9.17, 15) is 14.3 Å². The molecule has 32 heavy (non-hydrogen) atoms. The molecule has 0 amide bonds. The topological polar surface area (TPSA) is 82.4 Å². The Kier molecular flexibility index (Phi) is 4.95. The van der Waals surface area contributed by atoms with E-state index in [2.05, 4.69) is 15.5 Å². The first-order valence-corrected chi connectivity index (χ1v) is 10.3. The standard InChI is InChI=1S/C25H21FN4O2/c1-15-10-24-28-29-25(32)30(24)22-11-21(23(31)12-20(15)22)19-5-3-2-4-17(19)14-27-13-16-6-8-18(26)9-7-16/h2-12,27,31H,13-14H2,1H3,(H,29,32). The zero-order valence-electron chi connectivity index (χ0n) is 17.4. The lowest BCUT2D eigenvalue weighted by Crippen LogP contribution is -2.13. The van der Waals surface area contributed by atoms with Gasteiger partial charge in [0.15, 0.2) is 5.65 Å². The highest BCUT2D eigenvalue weighted by atomic mass is 19.1. The van der Waals surface area contributed by atoms with E-state index in [-0.39, 0.29) is 17.3 Å². The van der Waals surface area contributed by atoms with E-state index in [0.717, 1.165) is 27.6 Å². The van der Waals surface area contributed by atoms with Crippen molar-refractivity contribution in [1.29, 1.82) is 0 Å². The van der Waals surface area contributed by atoms with Crippen LogP contribution < -0.4 is 11.0 Å². The minimum Gasteiger partial charge on any atom is -0.507 e. The Morgan fingerprint density at radius 2 is 1.81 bits per heavy atom. The van der Waals surface area contributed by atoms with Crippen molar-refractivity contribution in [2.45, 2.75) is 20.0 Å². The first-order valence-electron chi connectivity index (χ1n) is 10.3. The molecule has 0 aliphatic heterocycles. The van der Waals surface area contributed by atoms with Crippen molar-refractivity contribution < 1.29 is 9.50 Å². The van der Waals surface area contributed by atoms with Crippen molar-refractivity contribution >= 4 is 16.6 Å². The number of halogens is 1. The van der Waals surface area contributed by atoms with Crippen molar-refractivity contribution in [3.05, 3.63) is 99.7 Å². The maximum Gasteiger partial charge on any atom is 0.348 e. The van der Waals surface area contributed by atoms with Gasteiger partial charge in [-0.25, -0.2) is 18.7 Å². The summed E-state index contributed by atoms with van der Waals surface area (Å²) in [6.07, 6.45) is 0. The van der Waals surface area contributed by atoms with Crippen LogP contribution in [0.4, 0.5) is 4.39 Å². The molecule has 0 aliphatic rings. The molecule has 0 bridgehead atoms. The van der Waals surface area contributed by atoms with E-state index in [0.29, 0.717) is 29.8 Å². The summed E-state index contributed by atoms with van der Waals surface area (Å²) < 4.78 is 14.6. The molecule has 0 unspecified atom stereocenters. The summed E-state index contributed by atoms with van der Waals surface area (Å²) in [7, 11) is 0. The molecule has 0 saturated heterocycles. The zero-order chi connectivity index (χ0) is 22.2. The van der Waals surface area contributed by atoms with Gasteiger partial charge >= 0.3 is 5.69 Å². The van der Waals surface area contributed by atoms with Crippen molar-refractivity contribution in [3.63, 3.8) is 0 Å². The number of H-pyrrole nitrogens is 1. The van der Waals surface area contributed by atoms with E-state index in [1.54, 1.807) is 18.2 Å². The Hall–Kier alpha value is -3.97. The number of hydrogen-bond acceptors (Lipinski definition) is 4. The van der Waals surface area contributed by atoms with Crippen LogP contribution in [0, 0.1) is 12.7 Å². The van der Waals surface area contributed by atoms with Gasteiger partial charge in [0.2, 0.25) is 0 Å². The second-order valence-corrected chi connectivity index (χ2v) is 7.82. The number of phenols is 1. The fourth-order valence-electron chi connectivity index (χ4n) is 4.08. The molecule has 5 aromatic rings. The summed E-state index contributed by atoms with van der Waals surface area (Å²) in [4.78, 5) is 12.3. The van der Waals surface area contributed by atoms with Crippen molar-refractivity contribution in [3.8, 4) is 16.9 Å². The van der Waals surface area contributed by atoms with Crippen LogP contribution in [-0.4, -0.2) is 19.7 Å². The number of pyridine rings is 1. The van der Waals surface area contributed by atoms with Crippen LogP contribution >= 0.6 is 0 Å². The Balaban J connectivity index is 1.54. The average Bonchev–Trinajstić information content (AvgIpc) is 3.16. The lowest BCUT2D eigenvalue weighted by molar-refractivity contribution is 0.478. The van der Waals surface area contributed by atoms with Crippen LogP contribution in [0.15, 0.2) is 71.5 Å². The number of aryl methyl sites for hydroxylation is 1. The Morgan fingerprint density at radius 3 is 2.62 bits per heavy atom. The van der Waals surface area contributed by atoms with Gasteiger partial charge in [-0.15, -0.1) is 0 Å². The molecular weight excluding hydrogens is 407 g/mol. The second-order valence-electron chi connectivity index (χ2n) is 7.82. The van der Waals surface area contributed by atoms with Crippen LogP contribution in [0.2, 0.25) is 0 Å². The van der Waals surface area contributed by atoms with Crippen molar-refractivity contribution in [1.82, 2.24) is 19.9 Å². The summed E-state index contributed by atoms with van der Waals surface area (Å²) in [5, 5.41) is 21.6. The zero-order valence-corrected chi connectivity index (χ0v) is 17.4. The molecule has 0 saturated carbocycles. The number of aromatic hydroxyl groups is 1. The fourth-order valence-corrected chi connectivity index (χ4v) is 4.08. The molecule has 0 radical (unpaired) electrons. The van der Waals surface area contributed by atoms with Crippen LogP contribution in [0.25, 0.3) is 27.7 Å². The maximum atomic E-state index is 13.1. The molecule has 6 nitrogen and oxygen atoms in total. The first-order chi connectivity index (χ1) is 15.5. The number of hydrogen-bond donors (Lipinski definition) is 3. The van der Waals surface area contributed by atoms with E-state index in [1.807, 2.05) is 43.3 Å². The minimum absolute atomic E-state index is 0.141. The average molecular weight is 428 g/mol. The monoisotopic (exact) mass is 428 g/mol. The van der Waals surface area contributed by atoms with Crippen LogP contribution in [0.3, 0.4) is 0 Å². The molecule has 160 valence electrons. The molecule has 5 rings (SSSR count). The minimum atomic E-state index is -0.323. The normalized spacial score (nSPS) is 11.4. The number of aromatic amines is 1. The van der Waals surface area contributed by atoms with Gasteiger partial charge in [0.25, 0.3) is 0 Å². The molecule has 7 heteroatoms. The quantitative estimate of drug-likeness (QED) is 0.390. The summed E-state index contributed by atoms with van der Waals surface area (Å²) in [6, 6.07) is 19.5. The van der Waals surface area contributed by atoms with Gasteiger partial charge in [-0.2, -0.15) is 5.10 Å². The SMILES string of the molecule is Cc1cc2n[nH]c(=O)n2c2cc(-c3ccccc3CNCc3ccc(F)cc3)c(O)cc12. The summed E-state index contributed by atoms with van der Waals surface area (Å²) >= 11 is 0. The number of aromatic nitrogens is 3. The third-order valence-electron chi connectivity index (χ3n) is 5.69. The van der Waals surface area contributed by atoms with Gasteiger partial charge in [0, 0.05) is 24.0 Å². The highest BCUT2D eigenvalue weighted by Gasteiger charge is 2.15. The predicted octanol–water partition coefficient (Wildman–Crippen LogP) is 4.29. The maximum absolute atomic E-state index is 13.1. The largest absolute Gasteiger partial charge is 0.507 e. The number of phenolic OH excluding ortho intramolecular Hbond substituents is 1.